The number of allylic oxidation sites excluding steroid dienone is 1. The Morgan fingerprint density at radius 3 is 2.52 bits per heavy atom. The summed E-state index contributed by atoms with van der Waals surface area (Å²) in [7, 11) is 1.56. The fraction of sp³-hybridized carbons (Fsp3) is 0.167. The van der Waals surface area contributed by atoms with Crippen molar-refractivity contribution in [2.45, 2.75) is 6.92 Å². The van der Waals surface area contributed by atoms with Crippen LogP contribution in [0.2, 0.25) is 0 Å². The van der Waals surface area contributed by atoms with Crippen molar-refractivity contribution in [3.05, 3.63) is 57.8 Å². The van der Waals surface area contributed by atoms with Crippen molar-refractivity contribution in [1.82, 2.24) is 0 Å². The van der Waals surface area contributed by atoms with Crippen LogP contribution >= 0.6 is 15.9 Å². The van der Waals surface area contributed by atoms with E-state index < -0.39 is 0 Å². The molecule has 0 amide bonds. The second-order valence-corrected chi connectivity index (χ2v) is 5.49. The van der Waals surface area contributed by atoms with Gasteiger partial charge in [0.05, 0.1) is 25.4 Å². The Morgan fingerprint density at radius 1 is 1.26 bits per heavy atom. The van der Waals surface area contributed by atoms with Gasteiger partial charge in [0.1, 0.15) is 5.82 Å². The SMILES string of the molecule is CCOc1cc(Br)c(C=C(C#N)c2ccc(F)cc2)cc1OC. The molecule has 2 rings (SSSR count). The molecule has 0 aliphatic heterocycles. The van der Waals surface area contributed by atoms with Gasteiger partial charge in [-0.05, 0) is 48.4 Å². The number of halogens is 2. The molecule has 0 spiro atoms. The van der Waals surface area contributed by atoms with Crippen LogP contribution < -0.4 is 9.47 Å². The van der Waals surface area contributed by atoms with Gasteiger partial charge in [-0.3, -0.25) is 0 Å². The smallest absolute Gasteiger partial charge is 0.162 e. The standard InChI is InChI=1S/C18H15BrFNO2/c1-3-23-18-10-16(19)13(9-17(18)22-2)8-14(11-21)12-4-6-15(20)7-5-12/h4-10H,3H2,1-2H3. The van der Waals surface area contributed by atoms with Crippen molar-refractivity contribution in [1.29, 1.82) is 5.26 Å². The predicted octanol–water partition coefficient (Wildman–Crippen LogP) is 5.06. The fourth-order valence-electron chi connectivity index (χ4n) is 2.05. The van der Waals surface area contributed by atoms with E-state index in [0.29, 0.717) is 29.2 Å². The first kappa shape index (κ1) is 17.0. The Kier molecular flexibility index (Phi) is 5.78. The third-order valence-electron chi connectivity index (χ3n) is 3.16. The van der Waals surface area contributed by atoms with E-state index in [1.54, 1.807) is 37.5 Å². The van der Waals surface area contributed by atoms with Crippen LogP contribution in [0.25, 0.3) is 11.6 Å². The fourth-order valence-corrected chi connectivity index (χ4v) is 2.49. The van der Waals surface area contributed by atoms with Crippen molar-refractivity contribution in [2.24, 2.45) is 0 Å². The summed E-state index contributed by atoms with van der Waals surface area (Å²) in [5.41, 5.74) is 1.84. The highest BCUT2D eigenvalue weighted by Gasteiger charge is 2.10. The topological polar surface area (TPSA) is 42.2 Å². The highest BCUT2D eigenvalue weighted by Crippen LogP contribution is 2.35. The summed E-state index contributed by atoms with van der Waals surface area (Å²) in [4.78, 5) is 0. The highest BCUT2D eigenvalue weighted by atomic mass is 79.9. The molecule has 118 valence electrons. The van der Waals surface area contributed by atoms with E-state index in [1.807, 2.05) is 6.92 Å². The number of rotatable bonds is 5. The number of ether oxygens (including phenoxy) is 2. The number of hydrogen-bond acceptors (Lipinski definition) is 3. The van der Waals surface area contributed by atoms with E-state index in [9.17, 15) is 9.65 Å². The van der Waals surface area contributed by atoms with Crippen LogP contribution in [-0.4, -0.2) is 13.7 Å². The number of nitrogens with zero attached hydrogens (tertiary/aromatic N) is 1. The Morgan fingerprint density at radius 2 is 1.96 bits per heavy atom. The summed E-state index contributed by atoms with van der Waals surface area (Å²) in [5, 5.41) is 9.38. The quantitative estimate of drug-likeness (QED) is 0.541. The second-order valence-electron chi connectivity index (χ2n) is 4.63. The largest absolute Gasteiger partial charge is 0.493 e. The molecule has 0 aromatic heterocycles. The van der Waals surface area contributed by atoms with E-state index in [-0.39, 0.29) is 5.82 Å². The predicted molar refractivity (Wildman–Crippen MR) is 91.7 cm³/mol. The van der Waals surface area contributed by atoms with Crippen LogP contribution in [0, 0.1) is 17.1 Å². The van der Waals surface area contributed by atoms with Crippen molar-refractivity contribution in [2.75, 3.05) is 13.7 Å². The van der Waals surface area contributed by atoms with Gasteiger partial charge >= 0.3 is 0 Å². The molecule has 0 unspecified atom stereocenters. The Balaban J connectivity index is 2.47. The maximum Gasteiger partial charge on any atom is 0.162 e. The average molecular weight is 376 g/mol. The molecule has 0 bridgehead atoms. The molecule has 0 saturated heterocycles. The molecular formula is C18H15BrFNO2. The molecule has 23 heavy (non-hydrogen) atoms. The number of hydrogen-bond donors (Lipinski definition) is 0. The summed E-state index contributed by atoms with van der Waals surface area (Å²) in [5.74, 6) is 0.868. The van der Waals surface area contributed by atoms with E-state index in [1.165, 1.54) is 12.1 Å². The zero-order chi connectivity index (χ0) is 16.8. The van der Waals surface area contributed by atoms with E-state index in [0.717, 1.165) is 10.0 Å². The summed E-state index contributed by atoms with van der Waals surface area (Å²) < 4.78 is 24.6. The molecular weight excluding hydrogens is 361 g/mol. The van der Waals surface area contributed by atoms with Gasteiger partial charge < -0.3 is 9.47 Å². The van der Waals surface area contributed by atoms with Gasteiger partial charge in [-0.1, -0.05) is 28.1 Å². The zero-order valence-electron chi connectivity index (χ0n) is 12.8. The summed E-state index contributed by atoms with van der Waals surface area (Å²) >= 11 is 3.47. The summed E-state index contributed by atoms with van der Waals surface area (Å²) in [6.45, 7) is 2.42. The van der Waals surface area contributed by atoms with Gasteiger partial charge in [-0.15, -0.1) is 0 Å². The Hall–Kier alpha value is -2.32. The lowest BCUT2D eigenvalue weighted by molar-refractivity contribution is 0.310. The molecule has 0 heterocycles. The molecule has 3 nitrogen and oxygen atoms in total. The van der Waals surface area contributed by atoms with Gasteiger partial charge in [0.25, 0.3) is 0 Å². The first-order valence-electron chi connectivity index (χ1n) is 6.97. The Bertz CT molecular complexity index is 764. The van der Waals surface area contributed by atoms with Gasteiger partial charge in [-0.25, -0.2) is 4.39 Å². The lowest BCUT2D eigenvalue weighted by atomic mass is 10.0. The molecule has 5 heteroatoms. The normalized spacial score (nSPS) is 11.0. The molecule has 2 aromatic carbocycles. The first-order chi connectivity index (χ1) is 11.1. The van der Waals surface area contributed by atoms with Crippen LogP contribution in [0.3, 0.4) is 0 Å². The third-order valence-corrected chi connectivity index (χ3v) is 3.85. The van der Waals surface area contributed by atoms with Gasteiger partial charge in [0, 0.05) is 4.47 Å². The van der Waals surface area contributed by atoms with Crippen LogP contribution in [0.4, 0.5) is 4.39 Å². The molecule has 0 radical (unpaired) electrons. The highest BCUT2D eigenvalue weighted by molar-refractivity contribution is 9.10. The van der Waals surface area contributed by atoms with Gasteiger partial charge in [-0.2, -0.15) is 5.26 Å². The zero-order valence-corrected chi connectivity index (χ0v) is 14.4. The molecule has 0 aliphatic rings. The van der Waals surface area contributed by atoms with Gasteiger partial charge in [0.2, 0.25) is 0 Å². The summed E-state index contributed by atoms with van der Waals surface area (Å²) in [6, 6.07) is 11.5. The van der Waals surface area contributed by atoms with Crippen LogP contribution in [0.5, 0.6) is 11.5 Å². The van der Waals surface area contributed by atoms with Crippen LogP contribution in [-0.2, 0) is 0 Å². The van der Waals surface area contributed by atoms with Crippen molar-refractivity contribution >= 4 is 27.6 Å². The van der Waals surface area contributed by atoms with E-state index in [2.05, 4.69) is 22.0 Å². The molecule has 0 N–H and O–H groups in total. The lowest BCUT2D eigenvalue weighted by Gasteiger charge is -2.11. The van der Waals surface area contributed by atoms with Crippen LogP contribution in [0.1, 0.15) is 18.1 Å². The minimum absolute atomic E-state index is 0.338. The lowest BCUT2D eigenvalue weighted by Crippen LogP contribution is -1.96. The summed E-state index contributed by atoms with van der Waals surface area (Å²) in [6.07, 6.45) is 1.72. The van der Waals surface area contributed by atoms with E-state index in [4.69, 9.17) is 9.47 Å². The maximum absolute atomic E-state index is 13.0. The number of benzene rings is 2. The average Bonchev–Trinajstić information content (AvgIpc) is 2.55. The monoisotopic (exact) mass is 375 g/mol. The maximum atomic E-state index is 13.0. The molecule has 2 aromatic rings. The molecule has 0 aliphatic carbocycles. The minimum atomic E-state index is -0.338. The van der Waals surface area contributed by atoms with Crippen molar-refractivity contribution < 1.29 is 13.9 Å². The third kappa shape index (κ3) is 4.11. The van der Waals surface area contributed by atoms with Gasteiger partial charge in [0.15, 0.2) is 11.5 Å². The van der Waals surface area contributed by atoms with Crippen molar-refractivity contribution in [3.8, 4) is 17.6 Å². The number of nitriles is 1. The number of methoxy groups -OCH3 is 1. The van der Waals surface area contributed by atoms with Crippen molar-refractivity contribution in [3.63, 3.8) is 0 Å². The minimum Gasteiger partial charge on any atom is -0.493 e. The second kappa shape index (κ2) is 7.80. The molecule has 0 atom stereocenters. The van der Waals surface area contributed by atoms with Crippen LogP contribution in [0.15, 0.2) is 40.9 Å². The first-order valence-corrected chi connectivity index (χ1v) is 7.76. The Labute approximate surface area is 143 Å². The molecule has 0 saturated carbocycles. The molecule has 0 fully saturated rings. The van der Waals surface area contributed by atoms with E-state index >= 15 is 0 Å².